The van der Waals surface area contributed by atoms with Crippen LogP contribution in [-0.4, -0.2) is 24.3 Å². The number of hydrogen-bond acceptors (Lipinski definition) is 5. The lowest BCUT2D eigenvalue weighted by molar-refractivity contribution is 0.102. The fourth-order valence-electron chi connectivity index (χ4n) is 2.88. The van der Waals surface area contributed by atoms with E-state index in [0.717, 1.165) is 0 Å². The number of nitrogens with one attached hydrogen (secondary N) is 1. The average Bonchev–Trinajstić information content (AvgIpc) is 3.03. The van der Waals surface area contributed by atoms with E-state index in [9.17, 15) is 9.18 Å². The topological polar surface area (TPSA) is 73.6 Å². The number of nitrogens with zero attached hydrogens (tertiary/aromatic N) is 1. The number of rotatable bonds is 3. The summed E-state index contributed by atoms with van der Waals surface area (Å²) in [5, 5.41) is 6.74. The molecule has 0 radical (unpaired) electrons. The monoisotopic (exact) mass is 466 g/mol. The van der Waals surface area contributed by atoms with Crippen LogP contribution in [0.15, 0.2) is 39.3 Å². The quantitative estimate of drug-likeness (QED) is 0.571. The van der Waals surface area contributed by atoms with Crippen molar-refractivity contribution >= 4 is 39.1 Å². The SMILES string of the molecule is Cc1onc(-c2c(F)cccc2Cl)c1C(=O)Nc1cc2c(cc1Br)OCCO2. The molecule has 2 aromatic carbocycles. The Morgan fingerprint density at radius 2 is 1.96 bits per heavy atom. The smallest absolute Gasteiger partial charge is 0.261 e. The highest BCUT2D eigenvalue weighted by Gasteiger charge is 2.26. The number of aromatic nitrogens is 1. The van der Waals surface area contributed by atoms with Crippen molar-refractivity contribution in [3.63, 3.8) is 0 Å². The second-order valence-electron chi connectivity index (χ2n) is 5.99. The zero-order valence-corrected chi connectivity index (χ0v) is 16.9. The summed E-state index contributed by atoms with van der Waals surface area (Å²) in [5.74, 6) is 0.210. The van der Waals surface area contributed by atoms with Gasteiger partial charge in [0.1, 0.15) is 36.0 Å². The van der Waals surface area contributed by atoms with Gasteiger partial charge in [-0.05, 0) is 35.0 Å². The van der Waals surface area contributed by atoms with E-state index < -0.39 is 11.7 Å². The van der Waals surface area contributed by atoms with Crippen molar-refractivity contribution in [3.8, 4) is 22.8 Å². The van der Waals surface area contributed by atoms with Crippen LogP contribution in [-0.2, 0) is 0 Å². The number of hydrogen-bond donors (Lipinski definition) is 1. The Kier molecular flexibility index (Phi) is 4.99. The molecular weight excluding hydrogens is 455 g/mol. The molecule has 0 saturated heterocycles. The van der Waals surface area contributed by atoms with Gasteiger partial charge in [-0.25, -0.2) is 4.39 Å². The predicted molar refractivity (Wildman–Crippen MR) is 105 cm³/mol. The van der Waals surface area contributed by atoms with E-state index in [-0.39, 0.29) is 27.6 Å². The van der Waals surface area contributed by atoms with Gasteiger partial charge < -0.3 is 19.3 Å². The lowest BCUT2D eigenvalue weighted by atomic mass is 10.0. The van der Waals surface area contributed by atoms with Crippen molar-refractivity contribution in [1.29, 1.82) is 0 Å². The van der Waals surface area contributed by atoms with Crippen LogP contribution in [0.3, 0.4) is 0 Å². The Balaban J connectivity index is 1.72. The molecule has 0 atom stereocenters. The largest absolute Gasteiger partial charge is 0.486 e. The summed E-state index contributed by atoms with van der Waals surface area (Å²) in [7, 11) is 0. The second-order valence-corrected chi connectivity index (χ2v) is 7.25. The van der Waals surface area contributed by atoms with E-state index in [1.165, 1.54) is 18.2 Å². The van der Waals surface area contributed by atoms with Gasteiger partial charge in [0, 0.05) is 16.6 Å². The number of anilines is 1. The first kappa shape index (κ1) is 18.8. The van der Waals surface area contributed by atoms with Crippen LogP contribution in [0.5, 0.6) is 11.5 Å². The van der Waals surface area contributed by atoms with Crippen LogP contribution >= 0.6 is 27.5 Å². The molecule has 0 aliphatic carbocycles. The van der Waals surface area contributed by atoms with Crippen LogP contribution in [0.2, 0.25) is 5.02 Å². The zero-order chi connectivity index (χ0) is 19.8. The predicted octanol–water partition coefficient (Wildman–Crippen LogP) is 5.23. The van der Waals surface area contributed by atoms with E-state index in [0.29, 0.717) is 34.9 Å². The summed E-state index contributed by atoms with van der Waals surface area (Å²) in [6.07, 6.45) is 0. The number of ether oxygens (including phenoxy) is 2. The number of benzene rings is 2. The third-order valence-corrected chi connectivity index (χ3v) is 5.14. The van der Waals surface area contributed by atoms with Crippen molar-refractivity contribution < 1.29 is 23.2 Å². The first-order chi connectivity index (χ1) is 13.5. The van der Waals surface area contributed by atoms with Gasteiger partial charge in [-0.3, -0.25) is 4.79 Å². The minimum atomic E-state index is -0.602. The molecule has 1 aliphatic heterocycles. The van der Waals surface area contributed by atoms with Gasteiger partial charge in [0.25, 0.3) is 5.91 Å². The molecule has 9 heteroatoms. The van der Waals surface area contributed by atoms with Gasteiger partial charge in [0.15, 0.2) is 11.5 Å². The number of halogens is 3. The molecule has 0 fully saturated rings. The molecule has 3 aromatic rings. The Hall–Kier alpha value is -2.58. The summed E-state index contributed by atoms with van der Waals surface area (Å²) in [6, 6.07) is 7.59. The number of carbonyl (C=O) groups excluding carboxylic acids is 1. The van der Waals surface area contributed by atoms with Gasteiger partial charge in [-0.15, -0.1) is 0 Å². The van der Waals surface area contributed by atoms with Gasteiger partial charge in [0.2, 0.25) is 0 Å². The van der Waals surface area contributed by atoms with Crippen molar-refractivity contribution in [1.82, 2.24) is 5.16 Å². The summed E-state index contributed by atoms with van der Waals surface area (Å²) in [5.41, 5.74) is 0.591. The lowest BCUT2D eigenvalue weighted by Crippen LogP contribution is -2.17. The molecule has 0 bridgehead atoms. The molecule has 1 aromatic heterocycles. The number of fused-ring (bicyclic) bond motifs is 1. The highest BCUT2D eigenvalue weighted by Crippen LogP contribution is 2.39. The van der Waals surface area contributed by atoms with Crippen LogP contribution in [0.25, 0.3) is 11.3 Å². The van der Waals surface area contributed by atoms with E-state index in [1.54, 1.807) is 19.1 Å². The minimum absolute atomic E-state index is 0.00686. The fourth-order valence-corrected chi connectivity index (χ4v) is 3.55. The number of carbonyl (C=O) groups is 1. The van der Waals surface area contributed by atoms with E-state index in [2.05, 4.69) is 26.4 Å². The molecule has 28 heavy (non-hydrogen) atoms. The maximum atomic E-state index is 14.3. The second kappa shape index (κ2) is 7.44. The highest BCUT2D eigenvalue weighted by molar-refractivity contribution is 9.10. The first-order valence-corrected chi connectivity index (χ1v) is 9.44. The molecule has 1 N–H and O–H groups in total. The summed E-state index contributed by atoms with van der Waals surface area (Å²) >= 11 is 9.53. The van der Waals surface area contributed by atoms with Gasteiger partial charge in [-0.2, -0.15) is 0 Å². The summed E-state index contributed by atoms with van der Waals surface area (Å²) < 4.78 is 31.1. The third kappa shape index (κ3) is 3.33. The van der Waals surface area contributed by atoms with Crippen LogP contribution in [0.1, 0.15) is 16.1 Å². The maximum absolute atomic E-state index is 14.3. The van der Waals surface area contributed by atoms with Crippen LogP contribution in [0, 0.1) is 12.7 Å². The summed E-state index contributed by atoms with van der Waals surface area (Å²) in [4.78, 5) is 13.0. The molecule has 144 valence electrons. The molecule has 1 aliphatic rings. The Bertz CT molecular complexity index is 1070. The Morgan fingerprint density at radius 1 is 1.25 bits per heavy atom. The maximum Gasteiger partial charge on any atom is 0.261 e. The Morgan fingerprint density at radius 3 is 2.68 bits per heavy atom. The minimum Gasteiger partial charge on any atom is -0.486 e. The molecule has 4 rings (SSSR count). The summed E-state index contributed by atoms with van der Waals surface area (Å²) in [6.45, 7) is 2.44. The van der Waals surface area contributed by atoms with E-state index >= 15 is 0 Å². The van der Waals surface area contributed by atoms with Gasteiger partial charge >= 0.3 is 0 Å². The lowest BCUT2D eigenvalue weighted by Gasteiger charge is -2.20. The van der Waals surface area contributed by atoms with Crippen molar-refractivity contribution in [2.45, 2.75) is 6.92 Å². The van der Waals surface area contributed by atoms with Crippen molar-refractivity contribution in [2.75, 3.05) is 18.5 Å². The molecule has 0 unspecified atom stereocenters. The average molecular weight is 468 g/mol. The zero-order valence-electron chi connectivity index (χ0n) is 14.5. The molecule has 1 amide bonds. The van der Waals surface area contributed by atoms with Gasteiger partial charge in [0.05, 0.1) is 16.3 Å². The molecule has 0 saturated carbocycles. The number of amides is 1. The molecule has 2 heterocycles. The normalized spacial score (nSPS) is 12.7. The molecule has 6 nitrogen and oxygen atoms in total. The third-order valence-electron chi connectivity index (χ3n) is 4.17. The molecule has 0 spiro atoms. The van der Waals surface area contributed by atoms with Crippen molar-refractivity contribution in [3.05, 3.63) is 57.0 Å². The van der Waals surface area contributed by atoms with E-state index in [1.807, 2.05) is 0 Å². The van der Waals surface area contributed by atoms with Gasteiger partial charge in [-0.1, -0.05) is 22.8 Å². The molecular formula is C19H13BrClFN2O4. The number of aryl methyl sites for hydroxylation is 1. The fraction of sp³-hybridized carbons (Fsp3) is 0.158. The van der Waals surface area contributed by atoms with Crippen LogP contribution < -0.4 is 14.8 Å². The Labute approximate surface area is 172 Å². The first-order valence-electron chi connectivity index (χ1n) is 8.27. The van der Waals surface area contributed by atoms with Crippen LogP contribution in [0.4, 0.5) is 10.1 Å². The highest BCUT2D eigenvalue weighted by atomic mass is 79.9. The van der Waals surface area contributed by atoms with Crippen molar-refractivity contribution in [2.24, 2.45) is 0 Å². The standard InChI is InChI=1S/C19H13BrClFN2O4/c1-9-16(18(24-28-9)17-11(21)3-2-4-12(17)22)19(25)23-13-8-15-14(7-10(13)20)26-5-6-27-15/h2-4,7-8H,5-6H2,1H3,(H,23,25). The van der Waals surface area contributed by atoms with E-state index in [4.69, 9.17) is 25.6 Å².